The van der Waals surface area contributed by atoms with E-state index in [0.29, 0.717) is 30.3 Å². The smallest absolute Gasteiger partial charge is 0.133 e. The van der Waals surface area contributed by atoms with Gasteiger partial charge in [-0.3, -0.25) is 4.79 Å². The summed E-state index contributed by atoms with van der Waals surface area (Å²) in [6, 6.07) is 6.17. The molecule has 0 bridgehead atoms. The molecular formula is C22H34O2. The van der Waals surface area contributed by atoms with E-state index < -0.39 is 0 Å². The number of benzene rings is 1. The third-order valence-electron chi connectivity index (χ3n) is 5.64. The Kier molecular flexibility index (Phi) is 6.48. The Morgan fingerprint density at radius 1 is 1.17 bits per heavy atom. The molecule has 1 saturated carbocycles. The van der Waals surface area contributed by atoms with Crippen LogP contribution in [0.5, 0.6) is 5.75 Å². The minimum atomic E-state index is 0.0828. The van der Waals surface area contributed by atoms with E-state index in [4.69, 9.17) is 0 Å². The highest BCUT2D eigenvalue weighted by Gasteiger charge is 2.28. The summed E-state index contributed by atoms with van der Waals surface area (Å²) in [6.07, 6.45) is 8.49. The zero-order chi connectivity index (χ0) is 17.7. The second-order valence-electron chi connectivity index (χ2n) is 8.45. The zero-order valence-corrected chi connectivity index (χ0v) is 15.9. The number of rotatable bonds is 7. The van der Waals surface area contributed by atoms with E-state index in [1.807, 2.05) is 6.07 Å². The summed E-state index contributed by atoms with van der Waals surface area (Å²) < 4.78 is 0. The fourth-order valence-electron chi connectivity index (χ4n) is 4.08. The highest BCUT2D eigenvalue weighted by molar-refractivity contribution is 5.80. The van der Waals surface area contributed by atoms with Crippen LogP contribution in [-0.2, 0) is 10.2 Å². The van der Waals surface area contributed by atoms with Crippen LogP contribution < -0.4 is 0 Å². The molecule has 2 atom stereocenters. The Bertz CT molecular complexity index is 559. The molecule has 1 fully saturated rings. The average molecular weight is 331 g/mol. The van der Waals surface area contributed by atoms with Crippen LogP contribution in [0, 0.1) is 5.92 Å². The summed E-state index contributed by atoms with van der Waals surface area (Å²) in [5, 5.41) is 10.6. The van der Waals surface area contributed by atoms with Gasteiger partial charge in [-0.2, -0.15) is 0 Å². The van der Waals surface area contributed by atoms with E-state index in [1.165, 1.54) is 31.2 Å². The number of aromatic hydroxyl groups is 1. The summed E-state index contributed by atoms with van der Waals surface area (Å²) >= 11 is 0. The molecule has 0 radical (unpaired) electrons. The molecule has 0 saturated heterocycles. The van der Waals surface area contributed by atoms with Gasteiger partial charge in [-0.1, -0.05) is 65.5 Å². The van der Waals surface area contributed by atoms with Crippen molar-refractivity contribution in [3.05, 3.63) is 29.3 Å². The quantitative estimate of drug-likeness (QED) is 0.612. The number of carbonyl (C=O) groups is 1. The summed E-state index contributed by atoms with van der Waals surface area (Å²) in [6.45, 7) is 8.90. The Hall–Kier alpha value is -1.31. The normalized spacial score (nSPS) is 21.9. The molecule has 0 heterocycles. The molecule has 0 aliphatic heterocycles. The van der Waals surface area contributed by atoms with Gasteiger partial charge in [-0.25, -0.2) is 0 Å². The Labute approximate surface area is 147 Å². The molecule has 1 aromatic rings. The van der Waals surface area contributed by atoms with Crippen molar-refractivity contribution in [2.45, 2.75) is 90.4 Å². The predicted octanol–water partition coefficient (Wildman–Crippen LogP) is 6.11. The van der Waals surface area contributed by atoms with Crippen molar-refractivity contribution in [1.82, 2.24) is 0 Å². The van der Waals surface area contributed by atoms with Gasteiger partial charge < -0.3 is 5.11 Å². The maximum absolute atomic E-state index is 11.9. The first-order chi connectivity index (χ1) is 11.3. The Morgan fingerprint density at radius 2 is 1.92 bits per heavy atom. The molecule has 0 unspecified atom stereocenters. The topological polar surface area (TPSA) is 37.3 Å². The van der Waals surface area contributed by atoms with Crippen LogP contribution in [0.15, 0.2) is 18.2 Å². The van der Waals surface area contributed by atoms with Crippen molar-refractivity contribution in [3.63, 3.8) is 0 Å². The molecule has 2 nitrogen and oxygen atoms in total. The average Bonchev–Trinajstić information content (AvgIpc) is 2.50. The van der Waals surface area contributed by atoms with E-state index in [9.17, 15) is 9.90 Å². The lowest BCUT2D eigenvalue weighted by molar-refractivity contribution is -0.121. The number of ketones is 1. The SMILES string of the molecule is CCCCCCC(C)(C)c1ccc([C@@H]2CC(=O)C[C@@H](C)C2)c(O)c1. The van der Waals surface area contributed by atoms with E-state index in [1.54, 1.807) is 0 Å². The highest BCUT2D eigenvalue weighted by Crippen LogP contribution is 2.40. The first-order valence-corrected chi connectivity index (χ1v) is 9.68. The van der Waals surface area contributed by atoms with Gasteiger partial charge in [-0.05, 0) is 47.3 Å². The van der Waals surface area contributed by atoms with E-state index in [-0.39, 0.29) is 11.3 Å². The van der Waals surface area contributed by atoms with Crippen LogP contribution in [0.2, 0.25) is 0 Å². The number of carbonyl (C=O) groups excluding carboxylic acids is 1. The van der Waals surface area contributed by atoms with Gasteiger partial charge in [0, 0.05) is 12.8 Å². The lowest BCUT2D eigenvalue weighted by Gasteiger charge is -2.29. The summed E-state index contributed by atoms with van der Waals surface area (Å²) in [5.41, 5.74) is 2.25. The van der Waals surface area contributed by atoms with E-state index >= 15 is 0 Å². The standard InChI is InChI=1S/C22H34O2/c1-5-6-7-8-11-22(3,4)18-9-10-20(21(24)15-18)17-12-16(2)13-19(23)14-17/h9-10,15-17,24H,5-8,11-14H2,1-4H3/t16-,17-/m0/s1. The van der Waals surface area contributed by atoms with Crippen LogP contribution >= 0.6 is 0 Å². The van der Waals surface area contributed by atoms with Crippen LogP contribution in [0.4, 0.5) is 0 Å². The minimum absolute atomic E-state index is 0.0828. The minimum Gasteiger partial charge on any atom is -0.508 e. The molecule has 2 rings (SSSR count). The van der Waals surface area contributed by atoms with Crippen LogP contribution in [0.1, 0.15) is 96.1 Å². The predicted molar refractivity (Wildman–Crippen MR) is 101 cm³/mol. The van der Waals surface area contributed by atoms with Crippen molar-refractivity contribution in [2.24, 2.45) is 5.92 Å². The van der Waals surface area contributed by atoms with Crippen molar-refractivity contribution in [2.75, 3.05) is 0 Å². The van der Waals surface area contributed by atoms with E-state index in [2.05, 4.69) is 39.8 Å². The summed E-state index contributed by atoms with van der Waals surface area (Å²) in [4.78, 5) is 11.9. The molecule has 24 heavy (non-hydrogen) atoms. The van der Waals surface area contributed by atoms with Crippen LogP contribution in [0.25, 0.3) is 0 Å². The van der Waals surface area contributed by atoms with Crippen molar-refractivity contribution < 1.29 is 9.90 Å². The molecule has 1 aliphatic carbocycles. The lowest BCUT2D eigenvalue weighted by Crippen LogP contribution is -2.20. The first-order valence-electron chi connectivity index (χ1n) is 9.68. The molecular weight excluding hydrogens is 296 g/mol. The monoisotopic (exact) mass is 330 g/mol. The van der Waals surface area contributed by atoms with Gasteiger partial charge in [0.25, 0.3) is 0 Å². The van der Waals surface area contributed by atoms with E-state index in [0.717, 1.165) is 18.4 Å². The Balaban J connectivity index is 2.09. The van der Waals surface area contributed by atoms with Crippen LogP contribution in [-0.4, -0.2) is 10.9 Å². The van der Waals surface area contributed by atoms with Gasteiger partial charge >= 0.3 is 0 Å². The van der Waals surface area contributed by atoms with Crippen LogP contribution in [0.3, 0.4) is 0 Å². The van der Waals surface area contributed by atoms with Gasteiger partial charge in [0.05, 0.1) is 0 Å². The Morgan fingerprint density at radius 3 is 2.54 bits per heavy atom. The maximum atomic E-state index is 11.9. The first kappa shape index (κ1) is 19.0. The zero-order valence-electron chi connectivity index (χ0n) is 15.9. The van der Waals surface area contributed by atoms with Crippen molar-refractivity contribution in [1.29, 1.82) is 0 Å². The fourth-order valence-corrected chi connectivity index (χ4v) is 4.08. The molecule has 1 aliphatic rings. The van der Waals surface area contributed by atoms with Gasteiger partial charge in [0.15, 0.2) is 0 Å². The number of phenols is 1. The molecule has 1 aromatic carbocycles. The second kappa shape index (κ2) is 8.18. The number of hydrogen-bond donors (Lipinski definition) is 1. The number of hydrogen-bond acceptors (Lipinski definition) is 2. The number of unbranched alkanes of at least 4 members (excludes halogenated alkanes) is 3. The second-order valence-corrected chi connectivity index (χ2v) is 8.45. The molecule has 0 aromatic heterocycles. The fraction of sp³-hybridized carbons (Fsp3) is 0.682. The third-order valence-corrected chi connectivity index (χ3v) is 5.64. The molecule has 2 heteroatoms. The van der Waals surface area contributed by atoms with Crippen molar-refractivity contribution >= 4 is 5.78 Å². The molecule has 134 valence electrons. The molecule has 1 N–H and O–H groups in total. The van der Waals surface area contributed by atoms with Crippen molar-refractivity contribution in [3.8, 4) is 5.75 Å². The third kappa shape index (κ3) is 4.84. The number of phenolic OH excluding ortho intramolecular Hbond substituents is 1. The summed E-state index contributed by atoms with van der Waals surface area (Å²) in [5.74, 6) is 1.31. The largest absolute Gasteiger partial charge is 0.508 e. The molecule has 0 amide bonds. The summed E-state index contributed by atoms with van der Waals surface area (Å²) in [7, 11) is 0. The maximum Gasteiger partial charge on any atom is 0.133 e. The van der Waals surface area contributed by atoms with Gasteiger partial charge in [-0.15, -0.1) is 0 Å². The molecule has 0 spiro atoms. The van der Waals surface area contributed by atoms with Gasteiger partial charge in [0.1, 0.15) is 11.5 Å². The number of Topliss-reactive ketones (excluding diaryl/α,β-unsaturated/α-hetero) is 1. The lowest BCUT2D eigenvalue weighted by atomic mass is 9.75. The highest BCUT2D eigenvalue weighted by atomic mass is 16.3. The van der Waals surface area contributed by atoms with Gasteiger partial charge in [0.2, 0.25) is 0 Å².